The van der Waals surface area contributed by atoms with E-state index in [1.165, 1.54) is 0 Å². The van der Waals surface area contributed by atoms with Crippen molar-refractivity contribution in [1.29, 1.82) is 0 Å². The summed E-state index contributed by atoms with van der Waals surface area (Å²) in [4.78, 5) is 32.7. The van der Waals surface area contributed by atoms with E-state index in [1.807, 2.05) is 38.4 Å². The third-order valence-corrected chi connectivity index (χ3v) is 5.98. The largest absolute Gasteiger partial charge is 0.352 e. The van der Waals surface area contributed by atoms with Gasteiger partial charge in [0.05, 0.1) is 27.8 Å². The van der Waals surface area contributed by atoms with Crippen molar-refractivity contribution in [2.45, 2.75) is 25.2 Å². The zero-order valence-electron chi connectivity index (χ0n) is 18.4. The lowest BCUT2D eigenvalue weighted by Crippen LogP contribution is -2.27. The fourth-order valence-electron chi connectivity index (χ4n) is 4.13. The number of benzene rings is 2. The van der Waals surface area contributed by atoms with Crippen LogP contribution in [0.1, 0.15) is 41.2 Å². The molecule has 0 atom stereocenters. The predicted molar refractivity (Wildman–Crippen MR) is 127 cm³/mol. The summed E-state index contributed by atoms with van der Waals surface area (Å²) < 4.78 is 1.56. The Labute approximate surface area is 186 Å². The van der Waals surface area contributed by atoms with Crippen molar-refractivity contribution < 1.29 is 4.79 Å². The van der Waals surface area contributed by atoms with Gasteiger partial charge in [-0.3, -0.25) is 19.7 Å². The molecule has 1 aliphatic rings. The molecular formula is C25H27N5O2. The molecule has 0 aliphatic heterocycles. The molecule has 7 nitrogen and oxygen atoms in total. The highest BCUT2D eigenvalue weighted by atomic mass is 16.1. The van der Waals surface area contributed by atoms with Crippen LogP contribution in [-0.4, -0.2) is 52.8 Å². The van der Waals surface area contributed by atoms with Crippen LogP contribution in [0.4, 0.5) is 0 Å². The molecule has 0 radical (unpaired) electrons. The number of aromatic nitrogens is 3. The third kappa shape index (κ3) is 3.80. The van der Waals surface area contributed by atoms with Gasteiger partial charge in [-0.1, -0.05) is 18.2 Å². The molecule has 1 amide bonds. The average Bonchev–Trinajstić information content (AvgIpc) is 3.59. The van der Waals surface area contributed by atoms with Gasteiger partial charge in [-0.05, 0) is 70.2 Å². The quantitative estimate of drug-likeness (QED) is 0.441. The number of carbonyl (C=O) groups excluding carboxylic acids is 1. The fourth-order valence-corrected chi connectivity index (χ4v) is 4.13. The molecule has 5 rings (SSSR count). The third-order valence-electron chi connectivity index (χ3n) is 5.98. The van der Waals surface area contributed by atoms with Crippen LogP contribution in [0.25, 0.3) is 27.5 Å². The summed E-state index contributed by atoms with van der Waals surface area (Å²) in [5.41, 5.74) is 3.80. The Balaban J connectivity index is 1.47. The van der Waals surface area contributed by atoms with Crippen LogP contribution in [-0.2, 0) is 0 Å². The van der Waals surface area contributed by atoms with Crippen LogP contribution < -0.4 is 10.9 Å². The number of amides is 1. The smallest absolute Gasteiger partial charge is 0.281 e. The average molecular weight is 430 g/mol. The van der Waals surface area contributed by atoms with Crippen molar-refractivity contribution in [3.63, 3.8) is 0 Å². The van der Waals surface area contributed by atoms with Gasteiger partial charge in [0.1, 0.15) is 0 Å². The van der Waals surface area contributed by atoms with Crippen molar-refractivity contribution in [3.8, 4) is 5.69 Å². The molecule has 1 aliphatic carbocycles. The number of nitrogens with one attached hydrogen (secondary N) is 2. The van der Waals surface area contributed by atoms with Crippen LogP contribution in [0, 0.1) is 0 Å². The second-order valence-corrected chi connectivity index (χ2v) is 8.75. The maximum Gasteiger partial charge on any atom is 0.281 e. The first-order valence-corrected chi connectivity index (χ1v) is 11.1. The molecule has 2 heterocycles. The number of pyridine rings is 1. The molecule has 0 saturated heterocycles. The predicted octanol–water partition coefficient (Wildman–Crippen LogP) is 3.43. The maximum absolute atomic E-state index is 13.4. The van der Waals surface area contributed by atoms with E-state index in [9.17, 15) is 9.59 Å². The minimum absolute atomic E-state index is 0.0963. The molecule has 2 aromatic carbocycles. The van der Waals surface area contributed by atoms with Gasteiger partial charge in [0.2, 0.25) is 0 Å². The number of aromatic amines is 1. The van der Waals surface area contributed by atoms with E-state index in [-0.39, 0.29) is 11.5 Å². The highest BCUT2D eigenvalue weighted by Gasteiger charge is 2.30. The summed E-state index contributed by atoms with van der Waals surface area (Å²) in [7, 11) is 4.03. The van der Waals surface area contributed by atoms with Gasteiger partial charge < -0.3 is 10.2 Å². The van der Waals surface area contributed by atoms with Gasteiger partial charge in [-0.15, -0.1) is 0 Å². The van der Waals surface area contributed by atoms with E-state index in [0.717, 1.165) is 47.9 Å². The summed E-state index contributed by atoms with van der Waals surface area (Å²) in [5, 5.41) is 7.87. The highest BCUT2D eigenvalue weighted by molar-refractivity contribution is 6.04. The van der Waals surface area contributed by atoms with Crippen molar-refractivity contribution in [1.82, 2.24) is 25.0 Å². The summed E-state index contributed by atoms with van der Waals surface area (Å²) in [5.74, 6) is 0.253. The van der Waals surface area contributed by atoms with Crippen molar-refractivity contribution in [3.05, 3.63) is 70.1 Å². The van der Waals surface area contributed by atoms with Crippen LogP contribution in [0.5, 0.6) is 0 Å². The number of rotatable bonds is 7. The van der Waals surface area contributed by atoms with E-state index in [0.29, 0.717) is 29.1 Å². The monoisotopic (exact) mass is 429 g/mol. The Morgan fingerprint density at radius 3 is 2.62 bits per heavy atom. The standard InChI is InChI=1S/C25H27N5O2/c1-29(2)15-5-14-26-24(31)17-10-12-18(13-11-17)30-25(32)21-22(16-8-9-16)27-20-7-4-3-6-19(20)23(21)28-30/h3-4,6-7,10-13,16,28H,5,8-9,14-15H2,1-2H3,(H,26,31). The first kappa shape index (κ1) is 20.5. The van der Waals surface area contributed by atoms with E-state index in [4.69, 9.17) is 4.98 Å². The molecule has 2 aromatic heterocycles. The lowest BCUT2D eigenvalue weighted by Gasteiger charge is -2.10. The van der Waals surface area contributed by atoms with Crippen LogP contribution in [0.2, 0.25) is 0 Å². The van der Waals surface area contributed by atoms with Crippen LogP contribution in [0.3, 0.4) is 0 Å². The number of carbonyl (C=O) groups is 1. The van der Waals surface area contributed by atoms with Crippen LogP contribution in [0.15, 0.2) is 53.3 Å². The van der Waals surface area contributed by atoms with E-state index in [2.05, 4.69) is 15.3 Å². The van der Waals surface area contributed by atoms with Gasteiger partial charge in [0.15, 0.2) is 0 Å². The number of hydrogen-bond donors (Lipinski definition) is 2. The maximum atomic E-state index is 13.4. The minimum Gasteiger partial charge on any atom is -0.352 e. The number of nitrogens with zero attached hydrogens (tertiary/aromatic N) is 3. The molecule has 0 spiro atoms. The lowest BCUT2D eigenvalue weighted by atomic mass is 10.1. The molecule has 0 bridgehead atoms. The Morgan fingerprint density at radius 1 is 1.16 bits per heavy atom. The van der Waals surface area contributed by atoms with Crippen molar-refractivity contribution in [2.75, 3.05) is 27.2 Å². The van der Waals surface area contributed by atoms with Gasteiger partial charge in [-0.25, -0.2) is 4.68 Å². The van der Waals surface area contributed by atoms with Gasteiger partial charge in [0.25, 0.3) is 11.5 Å². The summed E-state index contributed by atoms with van der Waals surface area (Å²) in [6.45, 7) is 1.55. The van der Waals surface area contributed by atoms with Gasteiger partial charge >= 0.3 is 0 Å². The molecule has 2 N–H and O–H groups in total. The Hall–Kier alpha value is -3.45. The van der Waals surface area contributed by atoms with Crippen molar-refractivity contribution in [2.24, 2.45) is 0 Å². The first-order chi connectivity index (χ1) is 15.5. The first-order valence-electron chi connectivity index (χ1n) is 11.1. The van der Waals surface area contributed by atoms with Crippen LogP contribution >= 0.6 is 0 Å². The Bertz CT molecular complexity index is 1350. The highest BCUT2D eigenvalue weighted by Crippen LogP contribution is 2.42. The topological polar surface area (TPSA) is 83.0 Å². The van der Waals surface area contributed by atoms with E-state index >= 15 is 0 Å². The zero-order valence-corrected chi connectivity index (χ0v) is 18.4. The minimum atomic E-state index is -0.106. The Morgan fingerprint density at radius 2 is 1.91 bits per heavy atom. The molecule has 4 aromatic rings. The molecular weight excluding hydrogens is 402 g/mol. The molecule has 1 fully saturated rings. The van der Waals surface area contributed by atoms with Crippen molar-refractivity contribution >= 4 is 27.7 Å². The number of hydrogen-bond acceptors (Lipinski definition) is 4. The Kier molecular flexibility index (Phi) is 5.27. The van der Waals surface area contributed by atoms with Gasteiger partial charge in [0, 0.05) is 23.4 Å². The zero-order chi connectivity index (χ0) is 22.2. The fraction of sp³-hybridized carbons (Fsp3) is 0.320. The SMILES string of the molecule is CN(C)CCCNC(=O)c1ccc(-n2[nH]c3c(c(C4CC4)nc4ccccc43)c2=O)cc1. The molecule has 0 unspecified atom stereocenters. The second kappa shape index (κ2) is 8.24. The van der Waals surface area contributed by atoms with Gasteiger partial charge in [-0.2, -0.15) is 0 Å². The molecule has 1 saturated carbocycles. The number of para-hydroxylation sites is 1. The molecule has 32 heavy (non-hydrogen) atoms. The summed E-state index contributed by atoms with van der Waals surface area (Å²) in [6.07, 6.45) is 3.04. The summed E-state index contributed by atoms with van der Waals surface area (Å²) in [6, 6.07) is 15.0. The normalized spacial score (nSPS) is 13.8. The number of fused-ring (bicyclic) bond motifs is 3. The number of H-pyrrole nitrogens is 1. The van der Waals surface area contributed by atoms with E-state index < -0.39 is 0 Å². The lowest BCUT2D eigenvalue weighted by molar-refractivity contribution is 0.0952. The molecule has 7 heteroatoms. The summed E-state index contributed by atoms with van der Waals surface area (Å²) >= 11 is 0. The van der Waals surface area contributed by atoms with E-state index in [1.54, 1.807) is 28.9 Å². The molecule has 164 valence electrons. The second-order valence-electron chi connectivity index (χ2n) is 8.75.